The Morgan fingerprint density at radius 3 is 2.16 bits per heavy atom. The van der Waals surface area contributed by atoms with Crippen molar-refractivity contribution in [1.82, 2.24) is 0 Å². The van der Waals surface area contributed by atoms with Crippen LogP contribution in [-0.2, 0) is 14.8 Å². The van der Waals surface area contributed by atoms with Crippen molar-refractivity contribution in [3.05, 3.63) is 78.9 Å². The van der Waals surface area contributed by atoms with Crippen molar-refractivity contribution in [2.75, 3.05) is 44.6 Å². The number of hydrogen-bond donors (Lipinski definition) is 1. The zero-order chi connectivity index (χ0) is 27.3. The normalized spacial score (nSPS) is 11.1. The minimum absolute atomic E-state index is 0.0991. The standard InChI is InChI=1S/C28H28N2O7S/c1-34-20-12-14-25(35-2)24(16-20)30(38(32,33)21-13-15-26(36-3)27(17-21)37-4)18-28(31)29-23-11-7-9-19-8-5-6-10-22(19)23/h5-17H,18H2,1-4H3,(H,29,31). The highest BCUT2D eigenvalue weighted by molar-refractivity contribution is 7.92. The number of methoxy groups -OCH3 is 4. The van der Waals surface area contributed by atoms with Gasteiger partial charge in [0, 0.05) is 23.2 Å². The van der Waals surface area contributed by atoms with Crippen LogP contribution in [0.1, 0.15) is 0 Å². The molecule has 0 unspecified atom stereocenters. The van der Waals surface area contributed by atoms with Crippen molar-refractivity contribution in [1.29, 1.82) is 0 Å². The second-order valence-electron chi connectivity index (χ2n) is 8.14. The molecule has 0 saturated carbocycles. The van der Waals surface area contributed by atoms with Crippen LogP contribution in [0, 0.1) is 0 Å². The predicted molar refractivity (Wildman–Crippen MR) is 146 cm³/mol. The van der Waals surface area contributed by atoms with Gasteiger partial charge in [0.25, 0.3) is 10.0 Å². The highest BCUT2D eigenvalue weighted by atomic mass is 32.2. The van der Waals surface area contributed by atoms with Crippen LogP contribution < -0.4 is 28.6 Å². The van der Waals surface area contributed by atoms with Crippen LogP contribution in [0.5, 0.6) is 23.0 Å². The van der Waals surface area contributed by atoms with Gasteiger partial charge in [-0.25, -0.2) is 8.42 Å². The first-order chi connectivity index (χ1) is 18.3. The molecule has 0 aliphatic carbocycles. The maximum atomic E-state index is 14.0. The van der Waals surface area contributed by atoms with Gasteiger partial charge in [0.1, 0.15) is 18.0 Å². The van der Waals surface area contributed by atoms with Gasteiger partial charge in [-0.15, -0.1) is 0 Å². The summed E-state index contributed by atoms with van der Waals surface area (Å²) in [4.78, 5) is 13.3. The Bertz CT molecular complexity index is 1570. The lowest BCUT2D eigenvalue weighted by molar-refractivity contribution is -0.114. The Hall–Kier alpha value is -4.44. The lowest BCUT2D eigenvalue weighted by Gasteiger charge is -2.26. The first-order valence-corrected chi connectivity index (χ1v) is 13.0. The third-order valence-corrected chi connectivity index (χ3v) is 7.70. The summed E-state index contributed by atoms with van der Waals surface area (Å²) in [5.74, 6) is 0.683. The number of carbonyl (C=O) groups is 1. The molecule has 10 heteroatoms. The van der Waals surface area contributed by atoms with Crippen molar-refractivity contribution in [2.45, 2.75) is 4.90 Å². The van der Waals surface area contributed by atoms with Crippen LogP contribution in [0.25, 0.3) is 10.8 Å². The van der Waals surface area contributed by atoms with E-state index in [1.807, 2.05) is 36.4 Å². The van der Waals surface area contributed by atoms with Crippen LogP contribution in [0.15, 0.2) is 83.8 Å². The molecule has 9 nitrogen and oxygen atoms in total. The molecule has 0 heterocycles. The zero-order valence-electron chi connectivity index (χ0n) is 21.4. The van der Waals surface area contributed by atoms with Gasteiger partial charge in [-0.1, -0.05) is 36.4 Å². The van der Waals surface area contributed by atoms with E-state index in [1.54, 1.807) is 18.2 Å². The number of ether oxygens (including phenoxy) is 4. The lowest BCUT2D eigenvalue weighted by atomic mass is 10.1. The van der Waals surface area contributed by atoms with E-state index in [9.17, 15) is 13.2 Å². The largest absolute Gasteiger partial charge is 0.497 e. The zero-order valence-corrected chi connectivity index (χ0v) is 22.2. The number of nitrogens with one attached hydrogen (secondary N) is 1. The smallest absolute Gasteiger partial charge is 0.265 e. The summed E-state index contributed by atoms with van der Waals surface area (Å²) in [6.45, 7) is -0.538. The molecule has 0 saturated heterocycles. The molecule has 0 aromatic heterocycles. The van der Waals surface area contributed by atoms with E-state index in [-0.39, 0.29) is 22.1 Å². The number of anilines is 2. The van der Waals surface area contributed by atoms with Gasteiger partial charge in [0.15, 0.2) is 11.5 Å². The first kappa shape index (κ1) is 26.6. The second kappa shape index (κ2) is 11.3. The molecule has 198 valence electrons. The molecular weight excluding hydrogens is 508 g/mol. The molecule has 0 aliphatic rings. The monoisotopic (exact) mass is 536 g/mol. The number of sulfonamides is 1. The Morgan fingerprint density at radius 1 is 0.763 bits per heavy atom. The minimum atomic E-state index is -4.30. The Balaban J connectivity index is 1.79. The fourth-order valence-electron chi connectivity index (χ4n) is 4.05. The van der Waals surface area contributed by atoms with E-state index >= 15 is 0 Å². The third-order valence-electron chi connectivity index (χ3n) is 5.95. The molecule has 0 radical (unpaired) electrons. The molecule has 38 heavy (non-hydrogen) atoms. The van der Waals surface area contributed by atoms with Gasteiger partial charge >= 0.3 is 0 Å². The minimum Gasteiger partial charge on any atom is -0.497 e. The fraction of sp³-hybridized carbons (Fsp3) is 0.179. The molecule has 4 aromatic rings. The molecule has 4 rings (SSSR count). The van der Waals surface area contributed by atoms with Gasteiger partial charge in [0.2, 0.25) is 5.91 Å². The Kier molecular flexibility index (Phi) is 7.92. The van der Waals surface area contributed by atoms with E-state index in [1.165, 1.54) is 52.7 Å². The van der Waals surface area contributed by atoms with Crippen molar-refractivity contribution in [3.63, 3.8) is 0 Å². The number of amides is 1. The fourth-order valence-corrected chi connectivity index (χ4v) is 5.49. The van der Waals surface area contributed by atoms with Crippen LogP contribution in [0.3, 0.4) is 0 Å². The topological polar surface area (TPSA) is 103 Å². The van der Waals surface area contributed by atoms with E-state index in [0.29, 0.717) is 17.2 Å². The lowest BCUT2D eigenvalue weighted by Crippen LogP contribution is -2.38. The van der Waals surface area contributed by atoms with E-state index in [2.05, 4.69) is 5.32 Å². The molecule has 1 amide bonds. The maximum Gasteiger partial charge on any atom is 0.265 e. The molecule has 0 fully saturated rings. The number of fused-ring (bicyclic) bond motifs is 1. The summed E-state index contributed by atoms with van der Waals surface area (Å²) in [6, 6.07) is 22.0. The van der Waals surface area contributed by atoms with Crippen LogP contribution in [0.2, 0.25) is 0 Å². The van der Waals surface area contributed by atoms with Crippen LogP contribution in [-0.4, -0.2) is 49.3 Å². The van der Waals surface area contributed by atoms with E-state index in [4.69, 9.17) is 18.9 Å². The SMILES string of the molecule is COc1ccc(OC)c(N(CC(=O)Nc2cccc3ccccc23)S(=O)(=O)c2ccc(OC)c(OC)c2)c1. The quantitative estimate of drug-likeness (QED) is 0.313. The molecule has 0 bridgehead atoms. The molecule has 0 aliphatic heterocycles. The summed E-state index contributed by atoms with van der Waals surface area (Å²) in [7, 11) is 1.45. The van der Waals surface area contributed by atoms with Gasteiger partial charge in [-0.05, 0) is 35.7 Å². The number of rotatable bonds is 10. The van der Waals surface area contributed by atoms with E-state index < -0.39 is 22.5 Å². The predicted octanol–water partition coefficient (Wildman–Crippen LogP) is 4.71. The summed E-state index contributed by atoms with van der Waals surface area (Å²) in [6.07, 6.45) is 0. The summed E-state index contributed by atoms with van der Waals surface area (Å²) in [5.41, 5.74) is 0.698. The molecule has 4 aromatic carbocycles. The Labute approximate surface area is 221 Å². The third kappa shape index (κ3) is 5.30. The van der Waals surface area contributed by atoms with Crippen LogP contribution >= 0.6 is 0 Å². The number of carbonyl (C=O) groups excluding carboxylic acids is 1. The van der Waals surface area contributed by atoms with Gasteiger partial charge < -0.3 is 24.3 Å². The summed E-state index contributed by atoms with van der Waals surface area (Å²) in [5, 5.41) is 4.62. The van der Waals surface area contributed by atoms with Crippen molar-refractivity contribution in [3.8, 4) is 23.0 Å². The highest BCUT2D eigenvalue weighted by Crippen LogP contribution is 2.37. The maximum absolute atomic E-state index is 14.0. The van der Waals surface area contributed by atoms with Crippen molar-refractivity contribution < 1.29 is 32.2 Å². The van der Waals surface area contributed by atoms with E-state index in [0.717, 1.165) is 15.1 Å². The van der Waals surface area contributed by atoms with Gasteiger partial charge in [0.05, 0.1) is 39.0 Å². The van der Waals surface area contributed by atoms with Crippen LogP contribution in [0.4, 0.5) is 11.4 Å². The average molecular weight is 537 g/mol. The molecular formula is C28H28N2O7S. The number of nitrogens with zero attached hydrogens (tertiary/aromatic N) is 1. The first-order valence-electron chi connectivity index (χ1n) is 11.6. The molecule has 0 spiro atoms. The highest BCUT2D eigenvalue weighted by Gasteiger charge is 2.31. The van der Waals surface area contributed by atoms with Gasteiger partial charge in [-0.3, -0.25) is 9.10 Å². The second-order valence-corrected chi connectivity index (χ2v) is 10.0. The molecule has 0 atom stereocenters. The molecule has 1 N–H and O–H groups in total. The van der Waals surface area contributed by atoms with Crippen molar-refractivity contribution in [2.24, 2.45) is 0 Å². The van der Waals surface area contributed by atoms with Gasteiger partial charge in [-0.2, -0.15) is 0 Å². The van der Waals surface area contributed by atoms with Crippen molar-refractivity contribution >= 4 is 38.1 Å². The summed E-state index contributed by atoms with van der Waals surface area (Å²) >= 11 is 0. The summed E-state index contributed by atoms with van der Waals surface area (Å²) < 4.78 is 50.4. The Morgan fingerprint density at radius 2 is 1.45 bits per heavy atom. The number of hydrogen-bond acceptors (Lipinski definition) is 7. The average Bonchev–Trinajstić information content (AvgIpc) is 2.95. The number of benzene rings is 4.